The molecule has 32 heavy (non-hydrogen) atoms. The van der Waals surface area contributed by atoms with E-state index in [4.69, 9.17) is 13.9 Å². The van der Waals surface area contributed by atoms with Gasteiger partial charge in [0.05, 0.1) is 4.92 Å². The van der Waals surface area contributed by atoms with Crippen LogP contribution in [-0.2, 0) is 5.75 Å². The van der Waals surface area contributed by atoms with Crippen LogP contribution in [0.5, 0.6) is 11.5 Å². The summed E-state index contributed by atoms with van der Waals surface area (Å²) in [5.41, 5.74) is 3.64. The lowest BCUT2D eigenvalue weighted by Gasteiger charge is -2.18. The van der Waals surface area contributed by atoms with E-state index in [0.29, 0.717) is 41.6 Å². The van der Waals surface area contributed by atoms with Gasteiger partial charge in [0.1, 0.15) is 13.2 Å². The Morgan fingerprint density at radius 1 is 0.875 bits per heavy atom. The number of nitrogens with zero attached hydrogens (tertiary/aromatic N) is 3. The molecular formula is C23H17N3O5S. The molecule has 1 aliphatic heterocycles. The van der Waals surface area contributed by atoms with E-state index >= 15 is 0 Å². The van der Waals surface area contributed by atoms with Crippen molar-refractivity contribution in [2.75, 3.05) is 13.2 Å². The van der Waals surface area contributed by atoms with Crippen LogP contribution < -0.4 is 9.47 Å². The Kier molecular flexibility index (Phi) is 5.47. The number of nitro benzene ring substituents is 1. The third kappa shape index (κ3) is 4.28. The molecule has 9 heteroatoms. The van der Waals surface area contributed by atoms with Gasteiger partial charge in [0, 0.05) is 23.4 Å². The number of hydrogen-bond donors (Lipinski definition) is 0. The molecule has 0 unspecified atom stereocenters. The smallest absolute Gasteiger partial charge is 0.277 e. The number of rotatable bonds is 6. The summed E-state index contributed by atoms with van der Waals surface area (Å²) >= 11 is 1.44. The van der Waals surface area contributed by atoms with E-state index in [1.54, 1.807) is 12.1 Å². The van der Waals surface area contributed by atoms with Crippen LogP contribution in [0.2, 0.25) is 0 Å². The second-order valence-corrected chi connectivity index (χ2v) is 7.95. The van der Waals surface area contributed by atoms with Gasteiger partial charge >= 0.3 is 0 Å². The molecule has 0 bridgehead atoms. The zero-order valence-corrected chi connectivity index (χ0v) is 17.6. The zero-order chi connectivity index (χ0) is 21.9. The van der Waals surface area contributed by atoms with Gasteiger partial charge in [0.25, 0.3) is 10.9 Å². The van der Waals surface area contributed by atoms with E-state index in [1.807, 2.05) is 48.5 Å². The summed E-state index contributed by atoms with van der Waals surface area (Å²) in [6.07, 6.45) is 0. The molecule has 1 aromatic heterocycles. The lowest BCUT2D eigenvalue weighted by Crippen LogP contribution is -2.15. The highest BCUT2D eigenvalue weighted by molar-refractivity contribution is 7.98. The van der Waals surface area contributed by atoms with Crippen molar-refractivity contribution in [3.8, 4) is 34.1 Å². The van der Waals surface area contributed by atoms with Crippen LogP contribution in [0.15, 0.2) is 76.4 Å². The Labute approximate surface area is 187 Å². The van der Waals surface area contributed by atoms with Gasteiger partial charge in [-0.3, -0.25) is 10.1 Å². The van der Waals surface area contributed by atoms with E-state index in [1.165, 1.54) is 17.8 Å². The molecule has 0 amide bonds. The highest BCUT2D eigenvalue weighted by atomic mass is 32.2. The maximum Gasteiger partial charge on any atom is 0.277 e. The first-order valence-electron chi connectivity index (χ1n) is 9.86. The zero-order valence-electron chi connectivity index (χ0n) is 16.8. The molecule has 0 radical (unpaired) electrons. The average Bonchev–Trinajstić information content (AvgIpc) is 3.32. The number of ether oxygens (including phenoxy) is 2. The highest BCUT2D eigenvalue weighted by Crippen LogP contribution is 2.35. The predicted molar refractivity (Wildman–Crippen MR) is 119 cm³/mol. The summed E-state index contributed by atoms with van der Waals surface area (Å²) in [6, 6.07) is 20.0. The van der Waals surface area contributed by atoms with E-state index < -0.39 is 4.92 Å². The largest absolute Gasteiger partial charge is 0.486 e. The van der Waals surface area contributed by atoms with Crippen molar-refractivity contribution in [1.82, 2.24) is 10.2 Å². The molecule has 0 fully saturated rings. The third-order valence-corrected chi connectivity index (χ3v) is 5.79. The van der Waals surface area contributed by atoms with Gasteiger partial charge < -0.3 is 13.9 Å². The predicted octanol–water partition coefficient (Wildman–Crippen LogP) is 5.38. The van der Waals surface area contributed by atoms with Crippen LogP contribution in [0, 0.1) is 10.1 Å². The number of nitro groups is 1. The number of hydrogen-bond acceptors (Lipinski definition) is 8. The second kappa shape index (κ2) is 8.72. The summed E-state index contributed by atoms with van der Waals surface area (Å²) in [5.74, 6) is 2.45. The lowest BCUT2D eigenvalue weighted by molar-refractivity contribution is -0.384. The van der Waals surface area contributed by atoms with E-state index in [2.05, 4.69) is 10.2 Å². The summed E-state index contributed by atoms with van der Waals surface area (Å²) in [7, 11) is 0. The molecular weight excluding hydrogens is 430 g/mol. The van der Waals surface area contributed by atoms with Crippen molar-refractivity contribution >= 4 is 17.4 Å². The third-order valence-electron chi connectivity index (χ3n) is 4.90. The van der Waals surface area contributed by atoms with Crippen LogP contribution in [0.3, 0.4) is 0 Å². The van der Waals surface area contributed by atoms with Crippen LogP contribution in [0.4, 0.5) is 5.69 Å². The number of benzene rings is 3. The van der Waals surface area contributed by atoms with Gasteiger partial charge in [-0.2, -0.15) is 0 Å². The Hall–Kier alpha value is -3.85. The van der Waals surface area contributed by atoms with Crippen LogP contribution >= 0.6 is 11.8 Å². The Bertz CT molecular complexity index is 1270. The van der Waals surface area contributed by atoms with E-state index in [-0.39, 0.29) is 5.69 Å². The molecule has 8 nitrogen and oxygen atoms in total. The van der Waals surface area contributed by atoms with E-state index in [0.717, 1.165) is 22.3 Å². The van der Waals surface area contributed by atoms with Gasteiger partial charge in [-0.25, -0.2) is 0 Å². The monoisotopic (exact) mass is 447 g/mol. The topological polar surface area (TPSA) is 101 Å². The molecule has 1 aliphatic rings. The maximum absolute atomic E-state index is 11.0. The van der Waals surface area contributed by atoms with Crippen molar-refractivity contribution in [3.05, 3.63) is 82.4 Å². The normalized spacial score (nSPS) is 12.5. The molecule has 2 heterocycles. The minimum atomic E-state index is -0.391. The highest BCUT2D eigenvalue weighted by Gasteiger charge is 2.16. The SMILES string of the molecule is O=[N+]([O-])c1cccc(-c2ccc(CSc3nnc(-c4ccc5c(c4)OCCO5)o3)cc2)c1. The van der Waals surface area contributed by atoms with Crippen molar-refractivity contribution in [2.24, 2.45) is 0 Å². The fourth-order valence-electron chi connectivity index (χ4n) is 3.30. The molecule has 160 valence electrons. The summed E-state index contributed by atoms with van der Waals surface area (Å²) in [4.78, 5) is 10.6. The van der Waals surface area contributed by atoms with Gasteiger partial charge in [0.2, 0.25) is 5.89 Å². The van der Waals surface area contributed by atoms with Gasteiger partial charge in [0.15, 0.2) is 11.5 Å². The first-order chi connectivity index (χ1) is 15.7. The molecule has 0 aliphatic carbocycles. The minimum Gasteiger partial charge on any atom is -0.486 e. The van der Waals surface area contributed by atoms with Gasteiger partial charge in [-0.1, -0.05) is 48.2 Å². The molecule has 4 aromatic rings. The summed E-state index contributed by atoms with van der Waals surface area (Å²) < 4.78 is 16.9. The summed E-state index contributed by atoms with van der Waals surface area (Å²) in [5, 5.41) is 19.7. The van der Waals surface area contributed by atoms with Gasteiger partial charge in [-0.15, -0.1) is 10.2 Å². The quantitative estimate of drug-likeness (QED) is 0.221. The Morgan fingerprint density at radius 3 is 2.47 bits per heavy atom. The van der Waals surface area contributed by atoms with Crippen LogP contribution in [0.25, 0.3) is 22.6 Å². The molecule has 3 aromatic carbocycles. The van der Waals surface area contributed by atoms with E-state index in [9.17, 15) is 10.1 Å². The standard InChI is InChI=1S/C23H17N3O5S/c27-26(28)19-3-1-2-17(12-19)16-6-4-15(5-7-16)14-32-23-25-24-22(31-23)18-8-9-20-21(13-18)30-11-10-29-20/h1-9,12-13H,10-11,14H2. The number of non-ortho nitro benzene ring substituents is 1. The molecule has 0 N–H and O–H groups in total. The molecule has 0 spiro atoms. The number of fused-ring (bicyclic) bond motifs is 1. The number of aromatic nitrogens is 2. The molecule has 0 atom stereocenters. The van der Waals surface area contributed by atoms with Crippen LogP contribution in [-0.4, -0.2) is 28.3 Å². The van der Waals surface area contributed by atoms with Crippen molar-refractivity contribution in [1.29, 1.82) is 0 Å². The fourth-order valence-corrected chi connectivity index (χ4v) is 4.02. The molecule has 5 rings (SSSR count). The summed E-state index contributed by atoms with van der Waals surface area (Å²) in [6.45, 7) is 1.06. The Morgan fingerprint density at radius 2 is 1.66 bits per heavy atom. The maximum atomic E-state index is 11.0. The average molecular weight is 447 g/mol. The fraction of sp³-hybridized carbons (Fsp3) is 0.130. The molecule has 0 saturated heterocycles. The van der Waals surface area contributed by atoms with Gasteiger partial charge in [-0.05, 0) is 34.9 Å². The van der Waals surface area contributed by atoms with Crippen molar-refractivity contribution in [2.45, 2.75) is 11.0 Å². The molecule has 0 saturated carbocycles. The first-order valence-corrected chi connectivity index (χ1v) is 10.8. The minimum absolute atomic E-state index is 0.0762. The second-order valence-electron chi connectivity index (χ2n) is 7.02. The number of thioether (sulfide) groups is 1. The van der Waals surface area contributed by atoms with Crippen LogP contribution in [0.1, 0.15) is 5.56 Å². The lowest BCUT2D eigenvalue weighted by atomic mass is 10.0. The first kappa shape index (κ1) is 20.1. The van der Waals surface area contributed by atoms with Crippen molar-refractivity contribution in [3.63, 3.8) is 0 Å². The Balaban J connectivity index is 1.24. The van der Waals surface area contributed by atoms with Crippen molar-refractivity contribution < 1.29 is 18.8 Å².